The van der Waals surface area contributed by atoms with Crippen LogP contribution in [0.25, 0.3) is 0 Å². The average Bonchev–Trinajstić information content (AvgIpc) is 2.71. The highest BCUT2D eigenvalue weighted by atomic mass is 16.6. The summed E-state index contributed by atoms with van der Waals surface area (Å²) >= 11 is 0. The van der Waals surface area contributed by atoms with Crippen molar-refractivity contribution in [3.05, 3.63) is 49.0 Å². The number of allylic oxidation sites excluding steroid dienone is 3. The van der Waals surface area contributed by atoms with Crippen molar-refractivity contribution in [3.8, 4) is 0 Å². The van der Waals surface area contributed by atoms with E-state index in [1.807, 2.05) is 13.0 Å². The maximum Gasteiger partial charge on any atom is 0.307 e. The standard InChI is InChI=1S/C14H18O3/c1-4-5-6-14(15)17-13-9-10-16-12(13)8-7-11(2)3/h4,8-10,13H,1-2,5-7H2,3H3. The van der Waals surface area contributed by atoms with Crippen LogP contribution in [0.5, 0.6) is 0 Å². The van der Waals surface area contributed by atoms with Gasteiger partial charge in [0.05, 0.1) is 6.26 Å². The van der Waals surface area contributed by atoms with E-state index in [0.29, 0.717) is 18.6 Å². The van der Waals surface area contributed by atoms with Gasteiger partial charge in [-0.1, -0.05) is 18.2 Å². The van der Waals surface area contributed by atoms with Gasteiger partial charge < -0.3 is 9.47 Å². The lowest BCUT2D eigenvalue weighted by atomic mass is 10.2. The third kappa shape index (κ3) is 4.72. The summed E-state index contributed by atoms with van der Waals surface area (Å²) in [5.74, 6) is 0.409. The molecule has 92 valence electrons. The van der Waals surface area contributed by atoms with Gasteiger partial charge in [-0.25, -0.2) is 0 Å². The topological polar surface area (TPSA) is 35.5 Å². The molecule has 0 aromatic rings. The molecule has 1 aliphatic rings. The fraction of sp³-hybridized carbons (Fsp3) is 0.357. The molecule has 0 saturated heterocycles. The third-order valence-corrected chi connectivity index (χ3v) is 2.20. The normalized spacial score (nSPS) is 20.1. The molecule has 0 spiro atoms. The Labute approximate surface area is 102 Å². The second kappa shape index (κ2) is 6.74. The second-order valence-corrected chi connectivity index (χ2v) is 3.95. The van der Waals surface area contributed by atoms with Crippen LogP contribution in [0.15, 0.2) is 49.0 Å². The van der Waals surface area contributed by atoms with Gasteiger partial charge in [0.15, 0.2) is 6.10 Å². The number of esters is 1. The largest absolute Gasteiger partial charge is 0.466 e. The van der Waals surface area contributed by atoms with Crippen molar-refractivity contribution in [1.82, 2.24) is 0 Å². The lowest BCUT2D eigenvalue weighted by molar-refractivity contribution is -0.145. The molecule has 0 radical (unpaired) electrons. The first-order valence-electron chi connectivity index (χ1n) is 5.61. The zero-order valence-electron chi connectivity index (χ0n) is 10.1. The van der Waals surface area contributed by atoms with Crippen molar-refractivity contribution in [2.24, 2.45) is 0 Å². The van der Waals surface area contributed by atoms with Crippen LogP contribution in [0.1, 0.15) is 26.2 Å². The predicted molar refractivity (Wildman–Crippen MR) is 67.1 cm³/mol. The molecule has 1 heterocycles. The Bertz CT molecular complexity index is 364. The number of hydrogen-bond donors (Lipinski definition) is 0. The van der Waals surface area contributed by atoms with Crippen molar-refractivity contribution >= 4 is 5.97 Å². The van der Waals surface area contributed by atoms with Crippen LogP contribution in [0.4, 0.5) is 0 Å². The molecule has 0 amide bonds. The van der Waals surface area contributed by atoms with E-state index in [0.717, 1.165) is 12.0 Å². The fourth-order valence-corrected chi connectivity index (χ4v) is 1.31. The van der Waals surface area contributed by atoms with Crippen molar-refractivity contribution in [2.45, 2.75) is 32.3 Å². The van der Waals surface area contributed by atoms with Crippen LogP contribution in [-0.2, 0) is 14.3 Å². The van der Waals surface area contributed by atoms with Gasteiger partial charge in [-0.2, -0.15) is 0 Å². The molecule has 0 aromatic heterocycles. The molecule has 1 rings (SSSR count). The van der Waals surface area contributed by atoms with Gasteiger partial charge in [-0.3, -0.25) is 4.79 Å². The highest BCUT2D eigenvalue weighted by molar-refractivity contribution is 5.70. The highest BCUT2D eigenvalue weighted by Crippen LogP contribution is 2.20. The van der Waals surface area contributed by atoms with Gasteiger partial charge in [0.25, 0.3) is 0 Å². The van der Waals surface area contributed by atoms with Crippen LogP contribution in [0.2, 0.25) is 0 Å². The minimum atomic E-state index is -0.397. The van der Waals surface area contributed by atoms with E-state index in [4.69, 9.17) is 9.47 Å². The van der Waals surface area contributed by atoms with Crippen molar-refractivity contribution in [3.63, 3.8) is 0 Å². The summed E-state index contributed by atoms with van der Waals surface area (Å²) in [5, 5.41) is 0. The Morgan fingerprint density at radius 1 is 1.65 bits per heavy atom. The van der Waals surface area contributed by atoms with E-state index < -0.39 is 6.10 Å². The van der Waals surface area contributed by atoms with Gasteiger partial charge in [0.2, 0.25) is 0 Å². The van der Waals surface area contributed by atoms with Gasteiger partial charge in [0.1, 0.15) is 5.76 Å². The molecule has 0 saturated carbocycles. The van der Waals surface area contributed by atoms with Crippen LogP contribution in [-0.4, -0.2) is 12.1 Å². The van der Waals surface area contributed by atoms with Crippen LogP contribution < -0.4 is 0 Å². The minimum Gasteiger partial charge on any atom is -0.466 e. The quantitative estimate of drug-likeness (QED) is 0.522. The van der Waals surface area contributed by atoms with Gasteiger partial charge in [-0.05, 0) is 31.9 Å². The maximum absolute atomic E-state index is 11.4. The average molecular weight is 234 g/mol. The summed E-state index contributed by atoms with van der Waals surface area (Å²) < 4.78 is 10.5. The van der Waals surface area contributed by atoms with Gasteiger partial charge >= 0.3 is 5.97 Å². The number of ether oxygens (including phenoxy) is 2. The van der Waals surface area contributed by atoms with E-state index in [1.165, 1.54) is 6.26 Å². The predicted octanol–water partition coefficient (Wildman–Crippen LogP) is 3.26. The zero-order chi connectivity index (χ0) is 12.7. The Morgan fingerprint density at radius 2 is 2.41 bits per heavy atom. The van der Waals surface area contributed by atoms with Gasteiger partial charge in [-0.15, -0.1) is 6.58 Å². The second-order valence-electron chi connectivity index (χ2n) is 3.95. The molecule has 17 heavy (non-hydrogen) atoms. The van der Waals surface area contributed by atoms with E-state index in [-0.39, 0.29) is 5.97 Å². The van der Waals surface area contributed by atoms with E-state index in [2.05, 4.69) is 13.2 Å². The molecule has 3 nitrogen and oxygen atoms in total. The smallest absolute Gasteiger partial charge is 0.307 e. The Hall–Kier alpha value is -1.77. The summed E-state index contributed by atoms with van der Waals surface area (Å²) in [6, 6.07) is 0. The highest BCUT2D eigenvalue weighted by Gasteiger charge is 2.21. The summed E-state index contributed by atoms with van der Waals surface area (Å²) in [7, 11) is 0. The number of rotatable bonds is 6. The van der Waals surface area contributed by atoms with Gasteiger partial charge in [0, 0.05) is 6.42 Å². The SMILES string of the molecule is C=CCCC(=O)OC1C=COC1=CCC(=C)C. The summed E-state index contributed by atoms with van der Waals surface area (Å²) in [6.45, 7) is 9.30. The molecular formula is C14H18O3. The van der Waals surface area contributed by atoms with Crippen LogP contribution in [0.3, 0.4) is 0 Å². The van der Waals surface area contributed by atoms with E-state index in [9.17, 15) is 4.79 Å². The molecule has 0 aromatic carbocycles. The minimum absolute atomic E-state index is 0.244. The lowest BCUT2D eigenvalue weighted by Crippen LogP contribution is -2.16. The first kappa shape index (κ1) is 13.3. The van der Waals surface area contributed by atoms with Crippen LogP contribution in [0, 0.1) is 0 Å². The van der Waals surface area contributed by atoms with Crippen LogP contribution >= 0.6 is 0 Å². The summed E-state index contributed by atoms with van der Waals surface area (Å²) in [4.78, 5) is 11.4. The van der Waals surface area contributed by atoms with E-state index >= 15 is 0 Å². The summed E-state index contributed by atoms with van der Waals surface area (Å²) in [6.07, 6.45) is 8.13. The van der Waals surface area contributed by atoms with Crippen molar-refractivity contribution in [2.75, 3.05) is 0 Å². The first-order valence-corrected chi connectivity index (χ1v) is 5.61. The molecule has 1 atom stereocenters. The summed E-state index contributed by atoms with van der Waals surface area (Å²) in [5.41, 5.74) is 1.03. The Balaban J connectivity index is 2.48. The molecular weight excluding hydrogens is 216 g/mol. The fourth-order valence-electron chi connectivity index (χ4n) is 1.31. The van der Waals surface area contributed by atoms with E-state index in [1.54, 1.807) is 12.2 Å². The third-order valence-electron chi connectivity index (χ3n) is 2.20. The molecule has 0 fully saturated rings. The Kier molecular flexibility index (Phi) is 5.27. The maximum atomic E-state index is 11.4. The van der Waals surface area contributed by atoms with Crippen molar-refractivity contribution < 1.29 is 14.3 Å². The van der Waals surface area contributed by atoms with Crippen molar-refractivity contribution in [1.29, 1.82) is 0 Å². The zero-order valence-corrected chi connectivity index (χ0v) is 10.1. The number of carbonyl (C=O) groups is 1. The first-order chi connectivity index (χ1) is 8.13. The molecule has 3 heteroatoms. The molecule has 1 unspecified atom stereocenters. The molecule has 1 aliphatic heterocycles. The lowest BCUT2D eigenvalue weighted by Gasteiger charge is -2.11. The number of carbonyl (C=O) groups excluding carboxylic acids is 1. The monoisotopic (exact) mass is 234 g/mol. The Morgan fingerprint density at radius 3 is 3.06 bits per heavy atom. The molecule has 0 bridgehead atoms. The molecule has 0 aliphatic carbocycles. The molecule has 0 N–H and O–H groups in total. The number of hydrogen-bond acceptors (Lipinski definition) is 3.